The van der Waals surface area contributed by atoms with Crippen molar-refractivity contribution in [2.24, 2.45) is 0 Å². The van der Waals surface area contributed by atoms with E-state index in [4.69, 9.17) is 4.42 Å². The summed E-state index contributed by atoms with van der Waals surface area (Å²) in [5.74, 6) is 0. The fraction of sp³-hybridized carbons (Fsp3) is 0. The van der Waals surface area contributed by atoms with Crippen LogP contribution in [0.3, 0.4) is 0 Å². The molecule has 270 valence electrons. The third kappa shape index (κ3) is 4.99. The molecule has 0 N–H and O–H groups in total. The first kappa shape index (κ1) is 32.6. The van der Waals surface area contributed by atoms with E-state index < -0.39 is 0 Å². The quantitative estimate of drug-likeness (QED) is 0.161. The molecule has 0 aliphatic carbocycles. The Morgan fingerprint density at radius 2 is 0.828 bits per heavy atom. The van der Waals surface area contributed by atoms with Crippen molar-refractivity contribution in [3.63, 3.8) is 0 Å². The lowest BCUT2D eigenvalue weighted by Gasteiger charge is -2.18. The lowest BCUT2D eigenvalue weighted by molar-refractivity contribution is 0.669. The van der Waals surface area contributed by atoms with Gasteiger partial charge < -0.3 is 8.98 Å². The van der Waals surface area contributed by atoms with Gasteiger partial charge in [0.1, 0.15) is 11.2 Å². The molecular formula is C56H35NO. The molecular weight excluding hydrogens is 703 g/mol. The molecule has 0 amide bonds. The highest BCUT2D eigenvalue weighted by Crippen LogP contribution is 2.47. The summed E-state index contributed by atoms with van der Waals surface area (Å²) in [5, 5.41) is 9.66. The number of rotatable bonds is 5. The minimum absolute atomic E-state index is 0.881. The number of para-hydroxylation sites is 2. The van der Waals surface area contributed by atoms with Crippen LogP contribution in [-0.2, 0) is 0 Å². The highest BCUT2D eigenvalue weighted by Gasteiger charge is 2.21. The van der Waals surface area contributed by atoms with Gasteiger partial charge in [0.05, 0.1) is 11.0 Å². The normalized spacial score (nSPS) is 11.8. The molecule has 12 rings (SSSR count). The van der Waals surface area contributed by atoms with Crippen molar-refractivity contribution in [3.05, 3.63) is 212 Å². The summed E-state index contributed by atoms with van der Waals surface area (Å²) in [6.45, 7) is 0. The Bertz CT molecular complexity index is 3500. The third-order valence-corrected chi connectivity index (χ3v) is 12.0. The minimum atomic E-state index is 0.881. The Hall–Kier alpha value is -7.68. The second kappa shape index (κ2) is 12.9. The van der Waals surface area contributed by atoms with Crippen molar-refractivity contribution in [1.82, 2.24) is 4.57 Å². The van der Waals surface area contributed by atoms with Gasteiger partial charge in [-0.05, 0) is 115 Å². The molecule has 0 radical (unpaired) electrons. The highest BCUT2D eigenvalue weighted by molar-refractivity contribution is 6.26. The van der Waals surface area contributed by atoms with Gasteiger partial charge >= 0.3 is 0 Å². The van der Waals surface area contributed by atoms with Crippen molar-refractivity contribution in [1.29, 1.82) is 0 Å². The van der Waals surface area contributed by atoms with E-state index in [1.54, 1.807) is 0 Å². The predicted octanol–water partition coefficient (Wildman–Crippen LogP) is 15.7. The number of fused-ring (bicyclic) bond motifs is 8. The van der Waals surface area contributed by atoms with Crippen LogP contribution in [0.15, 0.2) is 217 Å². The topological polar surface area (TPSA) is 18.1 Å². The smallest absolute Gasteiger partial charge is 0.136 e. The van der Waals surface area contributed by atoms with E-state index in [-0.39, 0.29) is 0 Å². The molecule has 0 aliphatic rings. The summed E-state index contributed by atoms with van der Waals surface area (Å²) in [6, 6.07) is 76.8. The summed E-state index contributed by atoms with van der Waals surface area (Å²) in [4.78, 5) is 0. The van der Waals surface area contributed by atoms with Crippen LogP contribution >= 0.6 is 0 Å². The molecule has 0 spiro atoms. The number of nitrogens with zero attached hydrogens (tertiary/aromatic N) is 1. The molecule has 0 fully saturated rings. The number of furan rings is 1. The van der Waals surface area contributed by atoms with E-state index in [1.807, 2.05) is 0 Å². The van der Waals surface area contributed by atoms with Gasteiger partial charge in [-0.15, -0.1) is 0 Å². The molecule has 2 heterocycles. The maximum Gasteiger partial charge on any atom is 0.136 e. The molecule has 0 unspecified atom stereocenters. The summed E-state index contributed by atoms with van der Waals surface area (Å²) in [6.07, 6.45) is 0. The Morgan fingerprint density at radius 1 is 0.293 bits per heavy atom. The SMILES string of the molecule is c1ccc(-c2cccc(-c3c4ccccc4c(-c4cccc5oc6cc(-c7ccc8c9ccccc9n(-c9ccccc9)c8c7)ccc6c45)c4ccccc34)c2)cc1. The molecule has 0 saturated heterocycles. The van der Waals surface area contributed by atoms with E-state index in [0.717, 1.165) is 38.8 Å². The van der Waals surface area contributed by atoms with Gasteiger partial charge in [0, 0.05) is 27.2 Å². The number of hydrogen-bond donors (Lipinski definition) is 0. The van der Waals surface area contributed by atoms with Crippen LogP contribution < -0.4 is 0 Å². The van der Waals surface area contributed by atoms with Crippen LogP contribution in [0.25, 0.3) is 115 Å². The van der Waals surface area contributed by atoms with Crippen LogP contribution in [0.4, 0.5) is 0 Å². The van der Waals surface area contributed by atoms with Crippen molar-refractivity contribution in [3.8, 4) is 50.2 Å². The molecule has 10 aromatic carbocycles. The minimum Gasteiger partial charge on any atom is -0.456 e. The zero-order valence-corrected chi connectivity index (χ0v) is 31.6. The van der Waals surface area contributed by atoms with Crippen LogP contribution in [0.2, 0.25) is 0 Å². The summed E-state index contributed by atoms with van der Waals surface area (Å²) in [5.41, 5.74) is 14.9. The van der Waals surface area contributed by atoms with Gasteiger partial charge in [-0.25, -0.2) is 0 Å². The zero-order chi connectivity index (χ0) is 38.2. The standard InChI is InChI=1S/C56H35NO/c1-3-15-36(16-4-1)37-17-13-18-40(33-37)54-44-22-7-9-24-46(44)55(47-25-10-8-23-45(47)54)49-26-14-28-52-56(49)48-32-30-39(35-53(48)58-52)38-29-31-43-42-21-11-12-27-50(42)57(51(43)34-38)41-19-5-2-6-20-41/h1-35H. The number of aromatic nitrogens is 1. The Kier molecular flexibility index (Phi) is 7.26. The molecule has 0 bridgehead atoms. The zero-order valence-electron chi connectivity index (χ0n) is 31.6. The average Bonchev–Trinajstić information content (AvgIpc) is 3.84. The van der Waals surface area contributed by atoms with Crippen molar-refractivity contribution in [2.75, 3.05) is 0 Å². The lowest BCUT2D eigenvalue weighted by atomic mass is 9.84. The van der Waals surface area contributed by atoms with Gasteiger partial charge in [0.2, 0.25) is 0 Å². The van der Waals surface area contributed by atoms with Gasteiger partial charge in [-0.3, -0.25) is 0 Å². The monoisotopic (exact) mass is 737 g/mol. The maximum atomic E-state index is 6.77. The molecule has 0 atom stereocenters. The van der Waals surface area contributed by atoms with Crippen LogP contribution in [0.1, 0.15) is 0 Å². The first-order valence-electron chi connectivity index (χ1n) is 19.9. The lowest BCUT2D eigenvalue weighted by Crippen LogP contribution is -1.93. The van der Waals surface area contributed by atoms with Crippen molar-refractivity contribution >= 4 is 65.3 Å². The van der Waals surface area contributed by atoms with Gasteiger partial charge in [0.15, 0.2) is 0 Å². The second-order valence-corrected chi connectivity index (χ2v) is 15.2. The predicted molar refractivity (Wildman–Crippen MR) is 245 cm³/mol. The largest absolute Gasteiger partial charge is 0.456 e. The number of benzene rings is 10. The summed E-state index contributed by atoms with van der Waals surface area (Å²) < 4.78 is 9.15. The van der Waals surface area contributed by atoms with Crippen LogP contribution in [0, 0.1) is 0 Å². The fourth-order valence-corrected chi connectivity index (χ4v) is 9.43. The molecule has 58 heavy (non-hydrogen) atoms. The Balaban J connectivity index is 1.05. The first-order valence-corrected chi connectivity index (χ1v) is 19.9. The van der Waals surface area contributed by atoms with Gasteiger partial charge in [-0.1, -0.05) is 164 Å². The van der Waals surface area contributed by atoms with Crippen LogP contribution in [-0.4, -0.2) is 4.57 Å². The number of hydrogen-bond acceptors (Lipinski definition) is 1. The highest BCUT2D eigenvalue weighted by atomic mass is 16.3. The Morgan fingerprint density at radius 3 is 1.57 bits per heavy atom. The fourth-order valence-electron chi connectivity index (χ4n) is 9.43. The van der Waals surface area contributed by atoms with E-state index >= 15 is 0 Å². The van der Waals surface area contributed by atoms with Gasteiger partial charge in [0.25, 0.3) is 0 Å². The van der Waals surface area contributed by atoms with Crippen molar-refractivity contribution in [2.45, 2.75) is 0 Å². The summed E-state index contributed by atoms with van der Waals surface area (Å²) in [7, 11) is 0. The molecule has 2 nitrogen and oxygen atoms in total. The molecule has 2 aromatic heterocycles. The molecule has 0 saturated carbocycles. The van der Waals surface area contributed by atoms with E-state index in [9.17, 15) is 0 Å². The van der Waals surface area contributed by atoms with E-state index in [1.165, 1.54) is 76.7 Å². The molecule has 0 aliphatic heterocycles. The van der Waals surface area contributed by atoms with Gasteiger partial charge in [-0.2, -0.15) is 0 Å². The third-order valence-electron chi connectivity index (χ3n) is 12.0. The second-order valence-electron chi connectivity index (χ2n) is 15.2. The first-order chi connectivity index (χ1) is 28.8. The molecule has 12 aromatic rings. The van der Waals surface area contributed by atoms with Crippen LogP contribution in [0.5, 0.6) is 0 Å². The summed E-state index contributed by atoms with van der Waals surface area (Å²) >= 11 is 0. The van der Waals surface area contributed by atoms with Crippen molar-refractivity contribution < 1.29 is 4.42 Å². The Labute approximate surface area is 335 Å². The average molecular weight is 738 g/mol. The molecule has 2 heteroatoms. The van der Waals surface area contributed by atoms with E-state index in [0.29, 0.717) is 0 Å². The maximum absolute atomic E-state index is 6.77. The van der Waals surface area contributed by atoms with E-state index in [2.05, 4.69) is 217 Å².